The van der Waals surface area contributed by atoms with Crippen molar-refractivity contribution in [2.24, 2.45) is 0 Å². The Balaban J connectivity index is 1.18. The number of likely N-dealkylation sites (tertiary alicyclic amines) is 1. The molecule has 0 radical (unpaired) electrons. The van der Waals surface area contributed by atoms with Crippen LogP contribution in [0.5, 0.6) is 0 Å². The van der Waals surface area contributed by atoms with E-state index in [1.807, 2.05) is 0 Å². The monoisotopic (exact) mass is 547 g/mol. The minimum Gasteiger partial charge on any atom is -0.446 e. The van der Waals surface area contributed by atoms with Gasteiger partial charge in [-0.15, -0.1) is 0 Å². The van der Waals surface area contributed by atoms with Crippen LogP contribution in [-0.4, -0.2) is 69.7 Å². The van der Waals surface area contributed by atoms with Crippen LogP contribution < -0.4 is 4.90 Å². The third-order valence-corrected chi connectivity index (χ3v) is 8.09. The molecule has 2 atom stereocenters. The highest BCUT2D eigenvalue weighted by Crippen LogP contribution is 2.32. The van der Waals surface area contributed by atoms with Crippen molar-refractivity contribution in [2.75, 3.05) is 37.6 Å². The number of rotatable bonds is 7. The third-order valence-electron chi connectivity index (χ3n) is 7.58. The molecule has 0 amide bonds. The van der Waals surface area contributed by atoms with E-state index in [1.54, 1.807) is 24.4 Å². The first-order valence-corrected chi connectivity index (χ1v) is 13.6. The zero-order valence-corrected chi connectivity index (χ0v) is 22.4. The molecule has 0 saturated carbocycles. The number of benzene rings is 1. The average molecular weight is 548 g/mol. The number of hydrogen-bond donors (Lipinski definition) is 1. The molecule has 0 spiro atoms. The van der Waals surface area contributed by atoms with Gasteiger partial charge in [0, 0.05) is 60.6 Å². The van der Waals surface area contributed by atoms with Crippen molar-refractivity contribution in [3.8, 4) is 0 Å². The van der Waals surface area contributed by atoms with Gasteiger partial charge in [-0.1, -0.05) is 36.2 Å². The quantitative estimate of drug-likeness (QED) is 0.438. The van der Waals surface area contributed by atoms with E-state index in [4.69, 9.17) is 27.6 Å². The molecule has 1 aromatic carbocycles. The first kappa shape index (κ1) is 26.4. The fourth-order valence-electron chi connectivity index (χ4n) is 5.55. The van der Waals surface area contributed by atoms with Gasteiger partial charge in [-0.3, -0.25) is 9.80 Å². The molecule has 1 unspecified atom stereocenters. The minimum atomic E-state index is -1.00. The van der Waals surface area contributed by atoms with Crippen molar-refractivity contribution < 1.29 is 13.9 Å². The first-order valence-electron chi connectivity index (χ1n) is 12.8. The molecule has 198 valence electrons. The van der Waals surface area contributed by atoms with Crippen molar-refractivity contribution in [1.29, 1.82) is 0 Å². The Hall–Kier alpha value is -2.23. The van der Waals surface area contributed by atoms with Crippen LogP contribution >= 0.6 is 23.2 Å². The van der Waals surface area contributed by atoms with Gasteiger partial charge in [0.25, 0.3) is 0 Å². The lowest BCUT2D eigenvalue weighted by atomic mass is 9.97. The van der Waals surface area contributed by atoms with E-state index in [1.165, 1.54) is 18.5 Å². The first-order chi connectivity index (χ1) is 17.9. The highest BCUT2D eigenvalue weighted by Gasteiger charge is 2.34. The fourth-order valence-corrected chi connectivity index (χ4v) is 6.00. The maximum Gasteiger partial charge on any atom is 0.227 e. The van der Waals surface area contributed by atoms with E-state index >= 15 is 0 Å². The van der Waals surface area contributed by atoms with Gasteiger partial charge < -0.3 is 14.4 Å². The number of nitrogens with zero attached hydrogens (tertiary/aromatic N) is 5. The number of aromatic nitrogens is 2. The largest absolute Gasteiger partial charge is 0.446 e. The summed E-state index contributed by atoms with van der Waals surface area (Å²) in [7, 11) is 0. The van der Waals surface area contributed by atoms with Gasteiger partial charge in [-0.25, -0.2) is 14.4 Å². The van der Waals surface area contributed by atoms with Crippen LogP contribution in [0.15, 0.2) is 47.3 Å². The molecule has 2 saturated heterocycles. The van der Waals surface area contributed by atoms with Gasteiger partial charge in [0.1, 0.15) is 17.9 Å². The molecule has 37 heavy (non-hydrogen) atoms. The zero-order valence-electron chi connectivity index (χ0n) is 20.9. The molecule has 1 N–H and O–H groups in total. The van der Waals surface area contributed by atoms with Gasteiger partial charge in [0.15, 0.2) is 6.10 Å². The molecule has 4 heterocycles. The maximum absolute atomic E-state index is 14.2. The maximum atomic E-state index is 14.2. The van der Waals surface area contributed by atoms with Crippen LogP contribution in [0.25, 0.3) is 0 Å². The molecule has 0 bridgehead atoms. The van der Waals surface area contributed by atoms with Gasteiger partial charge in [-0.05, 0) is 50.6 Å². The molecule has 2 aliphatic rings. The molecule has 3 aromatic rings. The van der Waals surface area contributed by atoms with Crippen molar-refractivity contribution in [1.82, 2.24) is 19.8 Å². The summed E-state index contributed by atoms with van der Waals surface area (Å²) in [6.45, 7) is 7.36. The lowest BCUT2D eigenvalue weighted by Gasteiger charge is -2.47. The lowest BCUT2D eigenvalue weighted by molar-refractivity contribution is 0.0607. The molecule has 2 fully saturated rings. The number of aliphatic hydroxyl groups excluding tert-OH is 1. The van der Waals surface area contributed by atoms with Crippen molar-refractivity contribution >= 4 is 29.0 Å². The second-order valence-corrected chi connectivity index (χ2v) is 10.7. The predicted octanol–water partition coefficient (Wildman–Crippen LogP) is 5.16. The Labute approximate surface area is 226 Å². The number of hydrogen-bond acceptors (Lipinski definition) is 7. The lowest BCUT2D eigenvalue weighted by Crippen LogP contribution is -2.58. The minimum absolute atomic E-state index is 0.217. The second-order valence-electron chi connectivity index (χ2n) is 9.84. The molecule has 2 aliphatic heterocycles. The second kappa shape index (κ2) is 11.7. The Morgan fingerprint density at radius 2 is 1.95 bits per heavy atom. The average Bonchev–Trinajstić information content (AvgIpc) is 3.45. The van der Waals surface area contributed by atoms with Gasteiger partial charge in [0.05, 0.1) is 11.2 Å². The van der Waals surface area contributed by atoms with E-state index in [-0.39, 0.29) is 11.7 Å². The summed E-state index contributed by atoms with van der Waals surface area (Å²) in [5, 5.41) is 11.4. The van der Waals surface area contributed by atoms with Gasteiger partial charge in [0.2, 0.25) is 5.89 Å². The smallest absolute Gasteiger partial charge is 0.227 e. The Morgan fingerprint density at radius 3 is 2.62 bits per heavy atom. The van der Waals surface area contributed by atoms with Crippen molar-refractivity contribution in [3.63, 3.8) is 0 Å². The Kier molecular flexibility index (Phi) is 8.31. The molecule has 7 nitrogen and oxygen atoms in total. The van der Waals surface area contributed by atoms with Gasteiger partial charge in [-0.2, -0.15) is 0 Å². The summed E-state index contributed by atoms with van der Waals surface area (Å²) in [4.78, 5) is 15.8. The molecular formula is C27H32Cl2FN5O2. The number of piperidine rings is 1. The Morgan fingerprint density at radius 1 is 1.14 bits per heavy atom. The fraction of sp³-hybridized carbons (Fsp3) is 0.481. The topological polar surface area (TPSA) is 68.9 Å². The van der Waals surface area contributed by atoms with E-state index in [0.29, 0.717) is 39.8 Å². The highest BCUT2D eigenvalue weighted by atomic mass is 35.5. The van der Waals surface area contributed by atoms with Gasteiger partial charge >= 0.3 is 0 Å². The number of piperazine rings is 1. The van der Waals surface area contributed by atoms with Crippen LogP contribution in [0, 0.1) is 5.82 Å². The predicted molar refractivity (Wildman–Crippen MR) is 143 cm³/mol. The SMILES string of the molecule is CC[C@H]1CN(c2ncc(C(O)c3ncco3)cc2Cl)CCN1C1CCN(Cc2ccc(Cl)cc2F)CC1. The van der Waals surface area contributed by atoms with Crippen LogP contribution in [0.3, 0.4) is 0 Å². The molecule has 10 heteroatoms. The van der Waals surface area contributed by atoms with Crippen LogP contribution in [0.2, 0.25) is 10.0 Å². The van der Waals surface area contributed by atoms with Crippen LogP contribution in [0.1, 0.15) is 49.3 Å². The zero-order chi connectivity index (χ0) is 25.9. The van der Waals surface area contributed by atoms with Crippen LogP contribution in [0.4, 0.5) is 10.2 Å². The summed E-state index contributed by atoms with van der Waals surface area (Å²) < 4.78 is 19.5. The summed E-state index contributed by atoms with van der Waals surface area (Å²) >= 11 is 12.5. The molecular weight excluding hydrogens is 516 g/mol. The van der Waals surface area contributed by atoms with Crippen molar-refractivity contribution in [2.45, 2.75) is 50.9 Å². The number of anilines is 1. The molecule has 2 aromatic heterocycles. The third kappa shape index (κ3) is 5.94. The molecule has 5 rings (SSSR count). The highest BCUT2D eigenvalue weighted by molar-refractivity contribution is 6.33. The summed E-state index contributed by atoms with van der Waals surface area (Å²) in [5.74, 6) is 0.724. The standard InChI is InChI=1S/C27H32Cl2FN5O2/c1-2-21-17-34(26-23(29)13-19(15-32-26)25(36)27-31-7-12-37-27)10-11-35(21)22-5-8-33(9-6-22)16-18-3-4-20(28)14-24(18)30/h3-4,7,12-15,21-22,25,36H,2,5-6,8-11,16-17H2,1H3/t21-,25?/m0/s1. The molecule has 0 aliphatic carbocycles. The summed E-state index contributed by atoms with van der Waals surface area (Å²) in [6, 6.07) is 7.59. The van der Waals surface area contributed by atoms with E-state index in [0.717, 1.165) is 57.8 Å². The Bertz CT molecular complexity index is 1190. The normalized spacial score (nSPS) is 20.9. The number of aliphatic hydroxyl groups is 1. The van der Waals surface area contributed by atoms with E-state index in [2.05, 4.69) is 31.6 Å². The summed E-state index contributed by atoms with van der Waals surface area (Å²) in [5.41, 5.74) is 1.25. The number of halogens is 3. The summed E-state index contributed by atoms with van der Waals surface area (Å²) in [6.07, 6.45) is 6.73. The van der Waals surface area contributed by atoms with Crippen LogP contribution in [-0.2, 0) is 6.54 Å². The number of pyridine rings is 1. The van der Waals surface area contributed by atoms with E-state index < -0.39 is 6.10 Å². The van der Waals surface area contributed by atoms with E-state index in [9.17, 15) is 9.50 Å². The number of oxazole rings is 1. The van der Waals surface area contributed by atoms with Crippen molar-refractivity contribution in [3.05, 3.63) is 75.8 Å².